The summed E-state index contributed by atoms with van der Waals surface area (Å²) in [6.45, 7) is 6.27. The molecule has 1 saturated carbocycles. The van der Waals surface area contributed by atoms with Gasteiger partial charge in [0.25, 0.3) is 0 Å². The lowest BCUT2D eigenvalue weighted by molar-refractivity contribution is -0.172. The van der Waals surface area contributed by atoms with Gasteiger partial charge in [0.1, 0.15) is 5.78 Å². The van der Waals surface area contributed by atoms with Crippen LogP contribution in [0.15, 0.2) is 0 Å². The van der Waals surface area contributed by atoms with Gasteiger partial charge >= 0.3 is 0 Å². The van der Waals surface area contributed by atoms with Crippen molar-refractivity contribution in [3.63, 3.8) is 0 Å². The predicted molar refractivity (Wildman–Crippen MR) is 68.4 cm³/mol. The van der Waals surface area contributed by atoms with E-state index >= 15 is 0 Å². The van der Waals surface area contributed by atoms with Crippen LogP contribution >= 0.6 is 0 Å². The van der Waals surface area contributed by atoms with E-state index in [1.54, 1.807) is 6.92 Å². The van der Waals surface area contributed by atoms with E-state index in [1.807, 2.05) is 0 Å². The Morgan fingerprint density at radius 1 is 1.28 bits per heavy atom. The molecule has 0 amide bonds. The van der Waals surface area contributed by atoms with Gasteiger partial charge in [-0.25, -0.2) is 0 Å². The Bertz CT molecular complexity index is 354. The van der Waals surface area contributed by atoms with Crippen molar-refractivity contribution < 1.29 is 14.3 Å². The molecule has 1 spiro atoms. The lowest BCUT2D eigenvalue weighted by atomic mass is 9.70. The van der Waals surface area contributed by atoms with E-state index in [0.29, 0.717) is 24.4 Å². The Morgan fingerprint density at radius 3 is 2.78 bits per heavy atom. The minimum Gasteiger partial charge on any atom is -0.372 e. The lowest BCUT2D eigenvalue weighted by Crippen LogP contribution is -2.51. The van der Waals surface area contributed by atoms with E-state index < -0.39 is 0 Å². The van der Waals surface area contributed by atoms with Gasteiger partial charge in [0.15, 0.2) is 0 Å². The molecule has 0 N–H and O–H groups in total. The number of hydrogen-bond acceptors (Lipinski definition) is 3. The van der Waals surface area contributed by atoms with Gasteiger partial charge in [0, 0.05) is 12.8 Å². The maximum Gasteiger partial charge on any atom is 0.132 e. The summed E-state index contributed by atoms with van der Waals surface area (Å²) in [4.78, 5) is 11.3. The molecule has 2 bridgehead atoms. The number of carbonyl (C=O) groups excluding carboxylic acids is 1. The third kappa shape index (κ3) is 1.92. The van der Waals surface area contributed by atoms with Crippen molar-refractivity contribution in [2.75, 3.05) is 0 Å². The van der Waals surface area contributed by atoms with Crippen LogP contribution in [-0.4, -0.2) is 29.7 Å². The largest absolute Gasteiger partial charge is 0.372 e. The smallest absolute Gasteiger partial charge is 0.132 e. The second-order valence-corrected chi connectivity index (χ2v) is 6.70. The highest BCUT2D eigenvalue weighted by atomic mass is 16.6. The van der Waals surface area contributed by atoms with Crippen molar-refractivity contribution in [2.24, 2.45) is 11.8 Å². The van der Waals surface area contributed by atoms with Crippen molar-refractivity contribution in [2.45, 2.75) is 76.8 Å². The molecule has 0 unspecified atom stereocenters. The molecular weight excluding hydrogens is 228 g/mol. The van der Waals surface area contributed by atoms with E-state index in [2.05, 4.69) is 13.8 Å². The Hall–Kier alpha value is -0.410. The van der Waals surface area contributed by atoms with Crippen LogP contribution in [0.2, 0.25) is 0 Å². The summed E-state index contributed by atoms with van der Waals surface area (Å²) in [5.74, 6) is 1.53. The zero-order valence-corrected chi connectivity index (χ0v) is 11.6. The zero-order valence-electron chi connectivity index (χ0n) is 11.6. The third-order valence-electron chi connectivity index (χ3n) is 5.29. The average molecular weight is 252 g/mol. The molecule has 2 heterocycles. The maximum absolute atomic E-state index is 11.3. The highest BCUT2D eigenvalue weighted by Crippen LogP contribution is 2.52. The van der Waals surface area contributed by atoms with Gasteiger partial charge in [-0.15, -0.1) is 0 Å². The van der Waals surface area contributed by atoms with E-state index in [0.717, 1.165) is 25.7 Å². The van der Waals surface area contributed by atoms with Crippen LogP contribution < -0.4 is 0 Å². The molecule has 6 atom stereocenters. The normalized spacial score (nSPS) is 50.9. The number of hydrogen-bond donors (Lipinski definition) is 0. The quantitative estimate of drug-likeness (QED) is 0.758. The second-order valence-electron chi connectivity index (χ2n) is 6.70. The third-order valence-corrected chi connectivity index (χ3v) is 5.29. The number of fused-ring (bicyclic) bond motifs is 1. The number of rotatable bonds is 2. The molecule has 1 aliphatic carbocycles. The fourth-order valence-corrected chi connectivity index (χ4v) is 4.17. The van der Waals surface area contributed by atoms with Crippen molar-refractivity contribution >= 4 is 5.78 Å². The molecule has 3 fully saturated rings. The zero-order chi connectivity index (χ0) is 12.9. The molecular formula is C15H24O3. The van der Waals surface area contributed by atoms with Gasteiger partial charge < -0.3 is 9.47 Å². The number of ether oxygens (including phenoxy) is 2. The predicted octanol–water partition coefficient (Wildman–Crippen LogP) is 2.72. The van der Waals surface area contributed by atoms with Gasteiger partial charge in [-0.1, -0.05) is 13.8 Å². The van der Waals surface area contributed by atoms with Crippen LogP contribution in [-0.2, 0) is 14.3 Å². The van der Waals surface area contributed by atoms with Crippen LogP contribution in [0.1, 0.15) is 52.9 Å². The van der Waals surface area contributed by atoms with Crippen molar-refractivity contribution in [1.29, 1.82) is 0 Å². The standard InChI is InChI=1S/C15H24O3/c1-9-7-15-8-13(11(9)3)17-14(15)5-4-12(18-15)6-10(2)16/h9,11-14H,4-8H2,1-3H3/t9-,11-,12-,13-,14+,15+/m1/s1. The van der Waals surface area contributed by atoms with E-state index in [1.165, 1.54) is 0 Å². The molecule has 102 valence electrons. The highest BCUT2D eigenvalue weighted by Gasteiger charge is 2.58. The van der Waals surface area contributed by atoms with Crippen molar-refractivity contribution in [3.8, 4) is 0 Å². The monoisotopic (exact) mass is 252 g/mol. The highest BCUT2D eigenvalue weighted by molar-refractivity contribution is 5.76. The molecule has 3 nitrogen and oxygen atoms in total. The fraction of sp³-hybridized carbons (Fsp3) is 0.933. The maximum atomic E-state index is 11.3. The van der Waals surface area contributed by atoms with Gasteiger partial charge in [-0.05, 0) is 38.0 Å². The first-order chi connectivity index (χ1) is 8.50. The molecule has 0 aromatic carbocycles. The summed E-state index contributed by atoms with van der Waals surface area (Å²) in [5, 5.41) is 0. The Labute approximate surface area is 109 Å². The lowest BCUT2D eigenvalue weighted by Gasteiger charge is -2.45. The molecule has 2 saturated heterocycles. The summed E-state index contributed by atoms with van der Waals surface area (Å²) in [6.07, 6.45) is 5.52. The van der Waals surface area contributed by atoms with Crippen molar-refractivity contribution in [1.82, 2.24) is 0 Å². The summed E-state index contributed by atoms with van der Waals surface area (Å²) >= 11 is 0. The first-order valence-electron chi connectivity index (χ1n) is 7.33. The van der Waals surface area contributed by atoms with Crippen LogP contribution in [0.3, 0.4) is 0 Å². The van der Waals surface area contributed by atoms with Crippen LogP contribution in [0.25, 0.3) is 0 Å². The molecule has 3 heteroatoms. The first kappa shape index (κ1) is 12.6. The molecule has 0 aromatic heterocycles. The SMILES string of the molecule is CC(=O)C[C@H]1CC[C@@H]2O[C@@H]3C[C@]2(C[C@@H](C)[C@H]3C)O1. The minimum atomic E-state index is -0.0744. The summed E-state index contributed by atoms with van der Waals surface area (Å²) in [7, 11) is 0. The van der Waals surface area contributed by atoms with Crippen LogP contribution in [0.4, 0.5) is 0 Å². The summed E-state index contributed by atoms with van der Waals surface area (Å²) in [5.41, 5.74) is -0.0744. The molecule has 0 radical (unpaired) electrons. The Kier molecular flexibility index (Phi) is 3.02. The molecule has 0 aromatic rings. The van der Waals surface area contributed by atoms with Crippen molar-refractivity contribution in [3.05, 3.63) is 0 Å². The van der Waals surface area contributed by atoms with Gasteiger partial charge in [-0.3, -0.25) is 4.79 Å². The topological polar surface area (TPSA) is 35.5 Å². The Balaban J connectivity index is 1.77. The number of ketones is 1. The summed E-state index contributed by atoms with van der Waals surface area (Å²) in [6, 6.07) is 0. The Morgan fingerprint density at radius 2 is 2.06 bits per heavy atom. The van der Waals surface area contributed by atoms with E-state index in [4.69, 9.17) is 9.47 Å². The van der Waals surface area contributed by atoms with Gasteiger partial charge in [0.2, 0.25) is 0 Å². The van der Waals surface area contributed by atoms with E-state index in [-0.39, 0.29) is 23.6 Å². The molecule has 3 rings (SSSR count). The molecule has 18 heavy (non-hydrogen) atoms. The van der Waals surface area contributed by atoms with Gasteiger partial charge in [0.05, 0.1) is 23.9 Å². The molecule has 3 aliphatic rings. The number of carbonyl (C=O) groups is 1. The number of Topliss-reactive ketones (excluding diaryl/α,β-unsaturated/α-hetero) is 1. The molecule has 2 aliphatic heterocycles. The fourth-order valence-electron chi connectivity index (χ4n) is 4.17. The second kappa shape index (κ2) is 4.31. The minimum absolute atomic E-state index is 0.0744. The summed E-state index contributed by atoms with van der Waals surface area (Å²) < 4.78 is 12.6. The first-order valence-corrected chi connectivity index (χ1v) is 7.33. The van der Waals surface area contributed by atoms with E-state index in [9.17, 15) is 4.79 Å². The van der Waals surface area contributed by atoms with Gasteiger partial charge in [-0.2, -0.15) is 0 Å². The van der Waals surface area contributed by atoms with Crippen LogP contribution in [0.5, 0.6) is 0 Å². The average Bonchev–Trinajstić information content (AvgIpc) is 2.60. The van der Waals surface area contributed by atoms with Crippen LogP contribution in [0, 0.1) is 11.8 Å².